The molecule has 1 atom stereocenters. The number of carbonyl (C=O) groups excluding carboxylic acids is 3. The Labute approximate surface area is 187 Å². The smallest absolute Gasteiger partial charge is 0.256 e. The van der Waals surface area contributed by atoms with Gasteiger partial charge in [-0.25, -0.2) is 4.39 Å². The standard InChI is InChI=1S/C23H32FN3O5/c1-16-20(28)25-11-15-32-14-4-3-8-23(22(30)26-16)9-12-27(13-10-23)21(29)17-6-5-7-18(31-2)19(17)24/h5-7,16H,3-4,8-15H2,1-2H3,(H,25,28)(H,26,30)/t16-/m0/s1. The summed E-state index contributed by atoms with van der Waals surface area (Å²) in [7, 11) is 1.36. The van der Waals surface area contributed by atoms with Crippen molar-refractivity contribution < 1.29 is 28.2 Å². The van der Waals surface area contributed by atoms with Gasteiger partial charge in [-0.1, -0.05) is 12.5 Å². The molecule has 0 aromatic heterocycles. The van der Waals surface area contributed by atoms with Crippen LogP contribution in [0, 0.1) is 11.2 Å². The number of rotatable bonds is 2. The highest BCUT2D eigenvalue weighted by Crippen LogP contribution is 2.38. The van der Waals surface area contributed by atoms with Gasteiger partial charge in [-0.05, 0) is 44.7 Å². The number of benzene rings is 1. The zero-order valence-corrected chi connectivity index (χ0v) is 18.7. The van der Waals surface area contributed by atoms with Crippen LogP contribution >= 0.6 is 0 Å². The van der Waals surface area contributed by atoms with Gasteiger partial charge in [-0.15, -0.1) is 0 Å². The Morgan fingerprint density at radius 1 is 1.19 bits per heavy atom. The molecule has 2 N–H and O–H groups in total. The summed E-state index contributed by atoms with van der Waals surface area (Å²) in [6, 6.07) is 3.83. The molecule has 2 fully saturated rings. The highest BCUT2D eigenvalue weighted by Gasteiger charge is 2.43. The van der Waals surface area contributed by atoms with Gasteiger partial charge < -0.3 is 25.0 Å². The third kappa shape index (κ3) is 5.38. The molecule has 3 rings (SSSR count). The molecule has 0 saturated carbocycles. The van der Waals surface area contributed by atoms with Crippen LogP contribution < -0.4 is 15.4 Å². The van der Waals surface area contributed by atoms with E-state index in [0.717, 1.165) is 12.8 Å². The van der Waals surface area contributed by atoms with Gasteiger partial charge in [0.25, 0.3) is 5.91 Å². The summed E-state index contributed by atoms with van der Waals surface area (Å²) in [4.78, 5) is 40.0. The first-order valence-electron chi connectivity index (χ1n) is 11.2. The summed E-state index contributed by atoms with van der Waals surface area (Å²) in [5.41, 5.74) is -0.714. The van der Waals surface area contributed by atoms with Crippen LogP contribution in [0.3, 0.4) is 0 Å². The van der Waals surface area contributed by atoms with Gasteiger partial charge >= 0.3 is 0 Å². The molecule has 176 valence electrons. The molecule has 0 bridgehead atoms. The first kappa shape index (κ1) is 24.0. The van der Waals surface area contributed by atoms with E-state index in [-0.39, 0.29) is 23.1 Å². The monoisotopic (exact) mass is 449 g/mol. The lowest BCUT2D eigenvalue weighted by molar-refractivity contribution is -0.137. The van der Waals surface area contributed by atoms with Crippen molar-refractivity contribution in [2.75, 3.05) is 40.0 Å². The first-order valence-corrected chi connectivity index (χ1v) is 11.2. The van der Waals surface area contributed by atoms with Gasteiger partial charge in [0.1, 0.15) is 6.04 Å². The third-order valence-electron chi connectivity index (χ3n) is 6.38. The summed E-state index contributed by atoms with van der Waals surface area (Å²) in [5.74, 6) is -1.49. The van der Waals surface area contributed by atoms with E-state index in [9.17, 15) is 18.8 Å². The van der Waals surface area contributed by atoms with Crippen LogP contribution in [-0.4, -0.2) is 68.6 Å². The first-order chi connectivity index (χ1) is 15.4. The number of piperidine rings is 1. The number of amides is 3. The van der Waals surface area contributed by atoms with E-state index in [1.54, 1.807) is 17.9 Å². The fraction of sp³-hybridized carbons (Fsp3) is 0.609. The lowest BCUT2D eigenvalue weighted by atomic mass is 9.73. The summed E-state index contributed by atoms with van der Waals surface area (Å²) in [5, 5.41) is 5.62. The van der Waals surface area contributed by atoms with E-state index in [2.05, 4.69) is 10.6 Å². The summed E-state index contributed by atoms with van der Waals surface area (Å²) >= 11 is 0. The summed E-state index contributed by atoms with van der Waals surface area (Å²) < 4.78 is 25.1. The highest BCUT2D eigenvalue weighted by atomic mass is 19.1. The van der Waals surface area contributed by atoms with Gasteiger partial charge in [0, 0.05) is 26.2 Å². The predicted molar refractivity (Wildman–Crippen MR) is 116 cm³/mol. The van der Waals surface area contributed by atoms with Crippen molar-refractivity contribution in [1.29, 1.82) is 0 Å². The molecule has 1 aromatic carbocycles. The molecular formula is C23H32FN3O5. The normalized spacial score (nSPS) is 22.7. The van der Waals surface area contributed by atoms with Gasteiger partial charge in [0.05, 0.1) is 24.7 Å². The van der Waals surface area contributed by atoms with Crippen LogP contribution in [-0.2, 0) is 14.3 Å². The molecule has 0 unspecified atom stereocenters. The van der Waals surface area contributed by atoms with Crippen molar-refractivity contribution in [3.8, 4) is 5.75 Å². The van der Waals surface area contributed by atoms with Crippen LogP contribution in [0.15, 0.2) is 18.2 Å². The molecule has 1 spiro atoms. The zero-order chi connectivity index (χ0) is 23.1. The molecule has 0 radical (unpaired) electrons. The number of hydrogen-bond acceptors (Lipinski definition) is 5. The number of ether oxygens (including phenoxy) is 2. The van der Waals surface area contributed by atoms with Gasteiger partial charge in [0.2, 0.25) is 11.8 Å². The van der Waals surface area contributed by atoms with Crippen molar-refractivity contribution in [2.24, 2.45) is 5.41 Å². The van der Waals surface area contributed by atoms with E-state index in [0.29, 0.717) is 52.1 Å². The lowest BCUT2D eigenvalue weighted by Crippen LogP contribution is -2.54. The molecule has 2 saturated heterocycles. The van der Waals surface area contributed by atoms with Crippen LogP contribution in [0.5, 0.6) is 5.75 Å². The van der Waals surface area contributed by atoms with Crippen molar-refractivity contribution in [1.82, 2.24) is 15.5 Å². The third-order valence-corrected chi connectivity index (χ3v) is 6.38. The van der Waals surface area contributed by atoms with Crippen molar-refractivity contribution in [3.05, 3.63) is 29.6 Å². The Morgan fingerprint density at radius 3 is 2.66 bits per heavy atom. The molecule has 2 heterocycles. The minimum absolute atomic E-state index is 0.0217. The molecule has 2 aliphatic rings. The van der Waals surface area contributed by atoms with Crippen molar-refractivity contribution >= 4 is 17.7 Å². The molecular weight excluding hydrogens is 417 g/mol. The number of halogens is 1. The summed E-state index contributed by atoms with van der Waals surface area (Å²) in [6.45, 7) is 3.74. The predicted octanol–water partition coefficient (Wildman–Crippen LogP) is 1.88. The fourth-order valence-electron chi connectivity index (χ4n) is 4.32. The van der Waals surface area contributed by atoms with Gasteiger partial charge in [-0.2, -0.15) is 0 Å². The molecule has 2 aliphatic heterocycles. The molecule has 1 aromatic rings. The highest BCUT2D eigenvalue weighted by molar-refractivity contribution is 5.95. The van der Waals surface area contributed by atoms with E-state index in [4.69, 9.17) is 9.47 Å². The molecule has 9 heteroatoms. The Bertz CT molecular complexity index is 839. The van der Waals surface area contributed by atoms with Crippen LogP contribution in [0.4, 0.5) is 4.39 Å². The largest absolute Gasteiger partial charge is 0.494 e. The fourth-order valence-corrected chi connectivity index (χ4v) is 4.32. The van der Waals surface area contributed by atoms with Crippen molar-refractivity contribution in [2.45, 2.75) is 45.1 Å². The van der Waals surface area contributed by atoms with E-state index >= 15 is 0 Å². The number of hydrogen-bond donors (Lipinski definition) is 2. The number of methoxy groups -OCH3 is 1. The van der Waals surface area contributed by atoms with Crippen LogP contribution in [0.25, 0.3) is 0 Å². The molecule has 32 heavy (non-hydrogen) atoms. The molecule has 3 amide bonds. The van der Waals surface area contributed by atoms with Gasteiger partial charge in [0.15, 0.2) is 11.6 Å². The molecule has 8 nitrogen and oxygen atoms in total. The van der Waals surface area contributed by atoms with Gasteiger partial charge in [-0.3, -0.25) is 14.4 Å². The Morgan fingerprint density at radius 2 is 1.94 bits per heavy atom. The molecule has 0 aliphatic carbocycles. The lowest BCUT2D eigenvalue weighted by Gasteiger charge is -2.41. The average Bonchev–Trinajstić information content (AvgIpc) is 2.80. The summed E-state index contributed by atoms with van der Waals surface area (Å²) in [6.07, 6.45) is 3.17. The van der Waals surface area contributed by atoms with Crippen molar-refractivity contribution in [3.63, 3.8) is 0 Å². The number of carbonyl (C=O) groups is 3. The van der Waals surface area contributed by atoms with E-state index in [1.807, 2.05) is 0 Å². The Kier molecular flexibility index (Phi) is 8.06. The quantitative estimate of drug-likeness (QED) is 0.719. The zero-order valence-electron chi connectivity index (χ0n) is 18.7. The van der Waals surface area contributed by atoms with Crippen LogP contribution in [0.2, 0.25) is 0 Å². The second-order valence-electron chi connectivity index (χ2n) is 8.45. The minimum Gasteiger partial charge on any atom is -0.494 e. The maximum atomic E-state index is 14.6. The van der Waals surface area contributed by atoms with E-state index in [1.165, 1.54) is 19.2 Å². The number of nitrogens with one attached hydrogen (secondary N) is 2. The van der Waals surface area contributed by atoms with Crippen LogP contribution in [0.1, 0.15) is 49.4 Å². The Hall–Kier alpha value is -2.68. The van der Waals surface area contributed by atoms with E-state index < -0.39 is 23.2 Å². The minimum atomic E-state index is -0.681. The Balaban J connectivity index is 1.72. The maximum Gasteiger partial charge on any atom is 0.256 e. The maximum absolute atomic E-state index is 14.6. The second kappa shape index (κ2) is 10.8. The number of likely N-dealkylation sites (tertiary alicyclic amines) is 1. The average molecular weight is 450 g/mol. The second-order valence-corrected chi connectivity index (χ2v) is 8.45. The topological polar surface area (TPSA) is 97.0 Å². The number of nitrogens with zero attached hydrogens (tertiary/aromatic N) is 1. The SMILES string of the molecule is COc1cccc(C(=O)N2CCC3(CCCCOCCNC(=O)[C@H](C)NC3=O)CC2)c1F.